The van der Waals surface area contributed by atoms with E-state index in [-0.39, 0.29) is 30.6 Å². The van der Waals surface area contributed by atoms with E-state index in [1.807, 2.05) is 30.3 Å². The molecule has 0 bridgehead atoms. The van der Waals surface area contributed by atoms with Gasteiger partial charge in [0, 0.05) is 5.54 Å². The number of aliphatic hydroxyl groups excluding tert-OH is 1. The second-order valence-electron chi connectivity index (χ2n) is 6.70. The lowest BCUT2D eigenvalue weighted by Crippen LogP contribution is -2.50. The Morgan fingerprint density at radius 2 is 1.86 bits per heavy atom. The smallest absolute Gasteiger partial charge is 0.234 e. The SMILES string of the molecule is CC(C)C(NC(=O)CNC1(CO)CCCC1)c1ccccc1. The Balaban J connectivity index is 1.92. The van der Waals surface area contributed by atoms with Crippen LogP contribution in [0.3, 0.4) is 0 Å². The van der Waals surface area contributed by atoms with Crippen molar-refractivity contribution in [2.75, 3.05) is 13.2 Å². The van der Waals surface area contributed by atoms with Crippen LogP contribution in [0, 0.1) is 5.92 Å². The van der Waals surface area contributed by atoms with Crippen molar-refractivity contribution in [3.63, 3.8) is 0 Å². The van der Waals surface area contributed by atoms with E-state index in [1.165, 1.54) is 0 Å². The van der Waals surface area contributed by atoms with E-state index < -0.39 is 0 Å². The van der Waals surface area contributed by atoms with Gasteiger partial charge in [-0.05, 0) is 24.3 Å². The largest absolute Gasteiger partial charge is 0.394 e. The number of aliphatic hydroxyl groups is 1. The van der Waals surface area contributed by atoms with Crippen LogP contribution < -0.4 is 10.6 Å². The average Bonchev–Trinajstić information content (AvgIpc) is 3.01. The van der Waals surface area contributed by atoms with Crippen LogP contribution in [0.5, 0.6) is 0 Å². The third kappa shape index (κ3) is 4.31. The zero-order valence-electron chi connectivity index (χ0n) is 13.6. The maximum Gasteiger partial charge on any atom is 0.234 e. The summed E-state index contributed by atoms with van der Waals surface area (Å²) in [6.07, 6.45) is 4.13. The second kappa shape index (κ2) is 7.75. The van der Waals surface area contributed by atoms with Gasteiger partial charge in [-0.15, -0.1) is 0 Å². The van der Waals surface area contributed by atoms with Crippen molar-refractivity contribution >= 4 is 5.91 Å². The number of hydrogen-bond acceptors (Lipinski definition) is 3. The number of rotatable bonds is 7. The van der Waals surface area contributed by atoms with Gasteiger partial charge in [0.15, 0.2) is 0 Å². The number of benzene rings is 1. The minimum absolute atomic E-state index is 0.0118. The highest BCUT2D eigenvalue weighted by Crippen LogP contribution is 2.29. The molecule has 22 heavy (non-hydrogen) atoms. The van der Waals surface area contributed by atoms with Gasteiger partial charge in [-0.2, -0.15) is 0 Å². The third-order valence-corrected chi connectivity index (χ3v) is 4.63. The topological polar surface area (TPSA) is 61.4 Å². The molecule has 0 aromatic heterocycles. The first-order chi connectivity index (χ1) is 10.6. The molecule has 1 aliphatic rings. The maximum atomic E-state index is 12.3. The highest BCUT2D eigenvalue weighted by molar-refractivity contribution is 5.78. The summed E-state index contributed by atoms with van der Waals surface area (Å²) >= 11 is 0. The second-order valence-corrected chi connectivity index (χ2v) is 6.70. The van der Waals surface area contributed by atoms with Crippen LogP contribution in [0.4, 0.5) is 0 Å². The van der Waals surface area contributed by atoms with E-state index in [9.17, 15) is 9.90 Å². The third-order valence-electron chi connectivity index (χ3n) is 4.63. The fourth-order valence-electron chi connectivity index (χ4n) is 3.23. The van der Waals surface area contributed by atoms with E-state index in [1.54, 1.807) is 0 Å². The zero-order valence-corrected chi connectivity index (χ0v) is 13.6. The molecule has 1 aromatic carbocycles. The molecule has 1 atom stereocenters. The molecule has 1 aromatic rings. The Bertz CT molecular complexity index is 467. The molecule has 4 nitrogen and oxygen atoms in total. The number of amides is 1. The molecule has 0 spiro atoms. The van der Waals surface area contributed by atoms with Gasteiger partial charge in [-0.25, -0.2) is 0 Å². The molecule has 2 rings (SSSR count). The molecule has 0 saturated heterocycles. The Hall–Kier alpha value is -1.39. The van der Waals surface area contributed by atoms with E-state index in [4.69, 9.17) is 0 Å². The van der Waals surface area contributed by atoms with Crippen molar-refractivity contribution in [3.05, 3.63) is 35.9 Å². The Labute approximate surface area is 133 Å². The van der Waals surface area contributed by atoms with Crippen molar-refractivity contribution in [1.29, 1.82) is 0 Å². The minimum atomic E-state index is -0.253. The molecule has 0 aliphatic heterocycles. The first-order valence-electron chi connectivity index (χ1n) is 8.26. The summed E-state index contributed by atoms with van der Waals surface area (Å²) in [4.78, 5) is 12.3. The van der Waals surface area contributed by atoms with E-state index >= 15 is 0 Å². The van der Waals surface area contributed by atoms with Gasteiger partial charge in [-0.1, -0.05) is 57.0 Å². The zero-order chi connectivity index (χ0) is 16.0. The highest BCUT2D eigenvalue weighted by atomic mass is 16.3. The van der Waals surface area contributed by atoms with Crippen LogP contribution in [-0.2, 0) is 4.79 Å². The van der Waals surface area contributed by atoms with Gasteiger partial charge in [0.1, 0.15) is 0 Å². The summed E-state index contributed by atoms with van der Waals surface area (Å²) in [7, 11) is 0. The van der Waals surface area contributed by atoms with Crippen LogP contribution in [0.15, 0.2) is 30.3 Å². The normalized spacial score (nSPS) is 18.4. The Morgan fingerprint density at radius 1 is 1.23 bits per heavy atom. The van der Waals surface area contributed by atoms with Crippen molar-refractivity contribution in [2.45, 2.75) is 51.1 Å². The van der Waals surface area contributed by atoms with Crippen LogP contribution in [0.1, 0.15) is 51.1 Å². The monoisotopic (exact) mass is 304 g/mol. The maximum absolute atomic E-state index is 12.3. The lowest BCUT2D eigenvalue weighted by Gasteiger charge is -2.29. The summed E-state index contributed by atoms with van der Waals surface area (Å²) in [6.45, 7) is 4.58. The number of carbonyl (C=O) groups excluding carboxylic acids is 1. The van der Waals surface area contributed by atoms with Crippen molar-refractivity contribution in [2.24, 2.45) is 5.92 Å². The quantitative estimate of drug-likeness (QED) is 0.725. The molecule has 4 heteroatoms. The predicted molar refractivity (Wildman–Crippen MR) is 88.5 cm³/mol. The first kappa shape index (κ1) is 17.0. The summed E-state index contributed by atoms with van der Waals surface area (Å²) < 4.78 is 0. The van der Waals surface area contributed by atoms with Gasteiger partial charge in [-0.3, -0.25) is 4.79 Å². The van der Waals surface area contributed by atoms with E-state index in [2.05, 4.69) is 24.5 Å². The first-order valence-corrected chi connectivity index (χ1v) is 8.26. The van der Waals surface area contributed by atoms with Crippen LogP contribution in [0.2, 0.25) is 0 Å². The van der Waals surface area contributed by atoms with Gasteiger partial charge in [0.2, 0.25) is 5.91 Å². The lowest BCUT2D eigenvalue weighted by molar-refractivity contribution is -0.121. The minimum Gasteiger partial charge on any atom is -0.394 e. The fraction of sp³-hybridized carbons (Fsp3) is 0.611. The molecule has 3 N–H and O–H groups in total. The highest BCUT2D eigenvalue weighted by Gasteiger charge is 2.33. The number of carbonyl (C=O) groups is 1. The van der Waals surface area contributed by atoms with Gasteiger partial charge in [0.25, 0.3) is 0 Å². The number of nitrogens with one attached hydrogen (secondary N) is 2. The molecule has 1 fully saturated rings. The van der Waals surface area contributed by atoms with E-state index in [0.717, 1.165) is 31.2 Å². The van der Waals surface area contributed by atoms with Gasteiger partial charge in [0.05, 0.1) is 19.2 Å². The number of hydrogen-bond donors (Lipinski definition) is 3. The summed E-state index contributed by atoms with van der Waals surface area (Å²) in [6, 6.07) is 10.1. The fourth-order valence-corrected chi connectivity index (χ4v) is 3.23. The van der Waals surface area contributed by atoms with Crippen molar-refractivity contribution < 1.29 is 9.90 Å². The standard InChI is InChI=1S/C18H28N2O2/c1-14(2)17(15-8-4-3-5-9-15)20-16(22)12-19-18(13-21)10-6-7-11-18/h3-5,8-9,14,17,19,21H,6-7,10-13H2,1-2H3,(H,20,22). The summed E-state index contributed by atoms with van der Waals surface area (Å²) in [5, 5.41) is 16.0. The molecule has 1 aliphatic carbocycles. The van der Waals surface area contributed by atoms with Crippen LogP contribution in [0.25, 0.3) is 0 Å². The van der Waals surface area contributed by atoms with Gasteiger partial charge >= 0.3 is 0 Å². The molecule has 0 radical (unpaired) electrons. The average molecular weight is 304 g/mol. The summed E-state index contributed by atoms with van der Waals surface area (Å²) in [5.74, 6) is 0.312. The Morgan fingerprint density at radius 3 is 2.41 bits per heavy atom. The molecule has 0 heterocycles. The molecule has 1 unspecified atom stereocenters. The molecule has 1 amide bonds. The summed E-state index contributed by atoms with van der Waals surface area (Å²) in [5.41, 5.74) is 0.876. The molecular weight excluding hydrogens is 276 g/mol. The van der Waals surface area contributed by atoms with E-state index in [0.29, 0.717) is 5.92 Å². The van der Waals surface area contributed by atoms with Crippen molar-refractivity contribution in [1.82, 2.24) is 10.6 Å². The van der Waals surface area contributed by atoms with Crippen molar-refractivity contribution in [3.8, 4) is 0 Å². The van der Waals surface area contributed by atoms with Crippen LogP contribution in [-0.4, -0.2) is 29.7 Å². The van der Waals surface area contributed by atoms with Crippen LogP contribution >= 0.6 is 0 Å². The van der Waals surface area contributed by atoms with Gasteiger partial charge < -0.3 is 15.7 Å². The lowest BCUT2D eigenvalue weighted by atomic mass is 9.96. The molecular formula is C18H28N2O2. The Kier molecular flexibility index (Phi) is 5.98. The predicted octanol–water partition coefficient (Wildman–Crippen LogP) is 2.39. The molecule has 1 saturated carbocycles. The molecule has 122 valence electrons.